The molecule has 2 amide bonds. The minimum absolute atomic E-state index is 0.0427. The molecule has 0 radical (unpaired) electrons. The van der Waals surface area contributed by atoms with Crippen molar-refractivity contribution in [1.29, 1.82) is 0 Å². The van der Waals surface area contributed by atoms with E-state index < -0.39 is 0 Å². The Bertz CT molecular complexity index is 690. The molecule has 0 bridgehead atoms. The number of nitrogens with zero attached hydrogens (tertiary/aromatic N) is 1. The number of rotatable bonds is 7. The lowest BCUT2D eigenvalue weighted by atomic mass is 9.70. The first-order valence-corrected chi connectivity index (χ1v) is 11.6. The molecule has 5 heteroatoms. The third kappa shape index (κ3) is 6.48. The van der Waals surface area contributed by atoms with E-state index >= 15 is 0 Å². The van der Waals surface area contributed by atoms with E-state index in [1.807, 2.05) is 35.2 Å². The number of carbonyl (C=O) groups is 2. The van der Waals surface area contributed by atoms with Crippen molar-refractivity contribution in [3.8, 4) is 0 Å². The van der Waals surface area contributed by atoms with Crippen LogP contribution in [0, 0.1) is 17.8 Å². The van der Waals surface area contributed by atoms with Crippen LogP contribution in [0.3, 0.4) is 0 Å². The highest BCUT2D eigenvalue weighted by Gasteiger charge is 2.38. The Morgan fingerprint density at radius 2 is 1.67 bits per heavy atom. The topological polar surface area (TPSA) is 58.6 Å². The number of hydrogen-bond acceptors (Lipinski definition) is 3. The zero-order valence-corrected chi connectivity index (χ0v) is 18.9. The van der Waals surface area contributed by atoms with Crippen LogP contribution in [0.1, 0.15) is 71.3 Å². The molecule has 1 unspecified atom stereocenters. The predicted octanol–water partition coefficient (Wildman–Crippen LogP) is 5.15. The normalized spacial score (nSPS) is 19.5. The molecule has 1 atom stereocenters. The van der Waals surface area contributed by atoms with E-state index in [0.29, 0.717) is 18.4 Å². The van der Waals surface area contributed by atoms with Crippen LogP contribution in [0.5, 0.6) is 0 Å². The van der Waals surface area contributed by atoms with Crippen molar-refractivity contribution in [2.24, 2.45) is 17.8 Å². The van der Waals surface area contributed by atoms with Gasteiger partial charge in [0, 0.05) is 25.6 Å². The summed E-state index contributed by atoms with van der Waals surface area (Å²) >= 11 is 0. The van der Waals surface area contributed by atoms with Crippen molar-refractivity contribution in [3.05, 3.63) is 35.9 Å². The second kappa shape index (κ2) is 10.3. The summed E-state index contributed by atoms with van der Waals surface area (Å²) in [7, 11) is 0. The molecule has 1 aliphatic carbocycles. The monoisotopic (exact) mass is 414 g/mol. The molecule has 166 valence electrons. The Morgan fingerprint density at radius 1 is 1.07 bits per heavy atom. The van der Waals surface area contributed by atoms with Crippen molar-refractivity contribution in [3.63, 3.8) is 0 Å². The maximum Gasteiger partial charge on any atom is 0.410 e. The number of ether oxygens (including phenoxy) is 1. The molecule has 1 aromatic carbocycles. The van der Waals surface area contributed by atoms with E-state index in [-0.39, 0.29) is 17.5 Å². The second-order valence-electron chi connectivity index (χ2n) is 9.84. The number of carbonyl (C=O) groups excluding carboxylic acids is 2. The van der Waals surface area contributed by atoms with Gasteiger partial charge in [0.05, 0.1) is 0 Å². The third-order valence-electron chi connectivity index (χ3n) is 6.87. The van der Waals surface area contributed by atoms with Gasteiger partial charge < -0.3 is 15.0 Å². The van der Waals surface area contributed by atoms with Crippen LogP contribution in [0.15, 0.2) is 30.3 Å². The van der Waals surface area contributed by atoms with Gasteiger partial charge >= 0.3 is 6.09 Å². The highest BCUT2D eigenvalue weighted by molar-refractivity contribution is 5.73. The van der Waals surface area contributed by atoms with E-state index in [1.165, 1.54) is 25.7 Å². The molecule has 0 aromatic heterocycles. The third-order valence-corrected chi connectivity index (χ3v) is 6.87. The van der Waals surface area contributed by atoms with Crippen molar-refractivity contribution in [2.45, 2.75) is 77.9 Å². The molecule has 5 nitrogen and oxygen atoms in total. The molecule has 1 saturated heterocycles. The van der Waals surface area contributed by atoms with Gasteiger partial charge in [-0.15, -0.1) is 0 Å². The maximum absolute atomic E-state index is 12.5. The van der Waals surface area contributed by atoms with E-state index in [1.54, 1.807) is 6.92 Å². The van der Waals surface area contributed by atoms with E-state index in [2.05, 4.69) is 19.2 Å². The number of amides is 2. The molecule has 1 aromatic rings. The molecule has 1 N–H and O–H groups in total. The Balaban J connectivity index is 1.54. The lowest BCUT2D eigenvalue weighted by molar-refractivity contribution is -0.120. The van der Waals surface area contributed by atoms with Gasteiger partial charge in [0.15, 0.2) is 0 Å². The first-order valence-electron chi connectivity index (χ1n) is 11.6. The van der Waals surface area contributed by atoms with Crippen molar-refractivity contribution in [1.82, 2.24) is 10.2 Å². The quantitative estimate of drug-likeness (QED) is 0.671. The Hall–Kier alpha value is -2.04. The highest BCUT2D eigenvalue weighted by atomic mass is 16.6. The zero-order valence-electron chi connectivity index (χ0n) is 18.9. The van der Waals surface area contributed by atoms with Crippen LogP contribution in [0.4, 0.5) is 4.79 Å². The lowest BCUT2D eigenvalue weighted by Crippen LogP contribution is -2.47. The number of nitrogens with one attached hydrogen (secondary N) is 1. The number of hydrogen-bond donors (Lipinski definition) is 1. The molecule has 2 fully saturated rings. The summed E-state index contributed by atoms with van der Waals surface area (Å²) in [6, 6.07) is 9.83. The zero-order chi connectivity index (χ0) is 21.6. The number of likely N-dealkylation sites (tertiary alicyclic amines) is 1. The van der Waals surface area contributed by atoms with Gasteiger partial charge in [-0.3, -0.25) is 4.79 Å². The Morgan fingerprint density at radius 3 is 2.27 bits per heavy atom. The summed E-state index contributed by atoms with van der Waals surface area (Å²) in [4.78, 5) is 26.0. The largest absolute Gasteiger partial charge is 0.445 e. The van der Waals surface area contributed by atoms with Crippen LogP contribution in [0.2, 0.25) is 0 Å². The molecular formula is C25H38N2O3. The summed E-state index contributed by atoms with van der Waals surface area (Å²) < 4.78 is 5.53. The SMILES string of the molecule is CC(=O)NC(C)(C)CC(C1CCCC1)C1CCN(C(=O)OCc2ccccc2)CC1. The van der Waals surface area contributed by atoms with E-state index in [9.17, 15) is 9.59 Å². The minimum Gasteiger partial charge on any atom is -0.445 e. The van der Waals surface area contributed by atoms with Gasteiger partial charge in [-0.05, 0) is 56.4 Å². The van der Waals surface area contributed by atoms with E-state index in [0.717, 1.165) is 43.8 Å². The Labute approximate surface area is 181 Å². The average Bonchev–Trinajstić information content (AvgIpc) is 3.25. The predicted molar refractivity (Wildman–Crippen MR) is 119 cm³/mol. The second-order valence-corrected chi connectivity index (χ2v) is 9.84. The highest BCUT2D eigenvalue weighted by Crippen LogP contribution is 2.42. The molecule has 3 rings (SSSR count). The van der Waals surface area contributed by atoms with Gasteiger partial charge in [-0.25, -0.2) is 4.79 Å². The van der Waals surface area contributed by atoms with Gasteiger partial charge in [0.2, 0.25) is 5.91 Å². The van der Waals surface area contributed by atoms with Crippen LogP contribution in [-0.4, -0.2) is 35.5 Å². The fourth-order valence-corrected chi connectivity index (χ4v) is 5.54. The van der Waals surface area contributed by atoms with Crippen molar-refractivity contribution in [2.75, 3.05) is 13.1 Å². The molecule has 1 aliphatic heterocycles. The Kier molecular flexibility index (Phi) is 7.79. The first-order chi connectivity index (χ1) is 14.3. The number of piperidine rings is 1. The van der Waals surface area contributed by atoms with Gasteiger partial charge in [0.25, 0.3) is 0 Å². The summed E-state index contributed by atoms with van der Waals surface area (Å²) in [5, 5.41) is 3.15. The van der Waals surface area contributed by atoms with Gasteiger partial charge in [0.1, 0.15) is 6.61 Å². The fourth-order valence-electron chi connectivity index (χ4n) is 5.54. The minimum atomic E-state index is -0.201. The molecule has 1 saturated carbocycles. The first kappa shape index (κ1) is 22.6. The summed E-state index contributed by atoms with van der Waals surface area (Å²) in [5.41, 5.74) is 0.826. The van der Waals surface area contributed by atoms with Gasteiger partial charge in [-0.1, -0.05) is 56.0 Å². The smallest absolute Gasteiger partial charge is 0.410 e. The molecular weight excluding hydrogens is 376 g/mol. The van der Waals surface area contributed by atoms with E-state index in [4.69, 9.17) is 4.74 Å². The molecule has 30 heavy (non-hydrogen) atoms. The van der Waals surface area contributed by atoms with Crippen LogP contribution < -0.4 is 5.32 Å². The molecule has 1 heterocycles. The summed E-state index contributed by atoms with van der Waals surface area (Å²) in [6.07, 6.45) is 8.13. The van der Waals surface area contributed by atoms with Crippen LogP contribution in [0.25, 0.3) is 0 Å². The summed E-state index contributed by atoms with van der Waals surface area (Å²) in [5.74, 6) is 2.01. The fraction of sp³-hybridized carbons (Fsp3) is 0.680. The molecule has 0 spiro atoms. The van der Waals surface area contributed by atoms with Crippen molar-refractivity contribution < 1.29 is 14.3 Å². The van der Waals surface area contributed by atoms with Crippen molar-refractivity contribution >= 4 is 12.0 Å². The maximum atomic E-state index is 12.5. The van der Waals surface area contributed by atoms with Gasteiger partial charge in [-0.2, -0.15) is 0 Å². The average molecular weight is 415 g/mol. The van der Waals surface area contributed by atoms with Crippen LogP contribution >= 0.6 is 0 Å². The van der Waals surface area contributed by atoms with Crippen LogP contribution in [-0.2, 0) is 16.1 Å². The lowest BCUT2D eigenvalue weighted by Gasteiger charge is -2.41. The molecule has 2 aliphatic rings. The summed E-state index contributed by atoms with van der Waals surface area (Å²) in [6.45, 7) is 7.75. The standard InChI is InChI=1S/C25H38N2O3/c1-19(28)26-25(2,3)17-23(21-11-7-8-12-21)22-13-15-27(16-14-22)24(29)30-18-20-9-5-4-6-10-20/h4-6,9-10,21-23H,7-8,11-18H2,1-3H3,(H,26,28). The number of benzene rings is 1.